The van der Waals surface area contributed by atoms with Gasteiger partial charge in [0.2, 0.25) is 0 Å². The third-order valence-electron chi connectivity index (χ3n) is 3.72. The average Bonchev–Trinajstić information content (AvgIpc) is 3.12. The van der Waals surface area contributed by atoms with Crippen molar-refractivity contribution in [2.75, 3.05) is 11.1 Å². The average molecular weight is 241 g/mol. The Bertz CT molecular complexity index is 565. The van der Waals surface area contributed by atoms with Gasteiger partial charge in [-0.3, -0.25) is 4.98 Å². The lowest BCUT2D eigenvalue weighted by atomic mass is 10.1. The third kappa shape index (κ3) is 2.01. The number of pyridine rings is 1. The van der Waals surface area contributed by atoms with E-state index < -0.39 is 0 Å². The Morgan fingerprint density at radius 3 is 3.11 bits per heavy atom. The number of benzene rings is 1. The number of nitrogens with zero attached hydrogens (tertiary/aromatic N) is 1. The van der Waals surface area contributed by atoms with Crippen molar-refractivity contribution < 1.29 is 0 Å². The molecule has 2 atom stereocenters. The highest BCUT2D eigenvalue weighted by atomic mass is 15.0. The molecule has 0 saturated heterocycles. The van der Waals surface area contributed by atoms with Gasteiger partial charge in [-0.15, -0.1) is 0 Å². The minimum Gasteiger partial charge on any atom is -0.397 e. The van der Waals surface area contributed by atoms with Crippen molar-refractivity contribution in [1.82, 2.24) is 4.98 Å². The fourth-order valence-corrected chi connectivity index (χ4v) is 2.63. The van der Waals surface area contributed by atoms with E-state index in [1.165, 1.54) is 19.3 Å². The van der Waals surface area contributed by atoms with Gasteiger partial charge in [-0.2, -0.15) is 0 Å². The molecule has 2 aromatic rings. The van der Waals surface area contributed by atoms with Gasteiger partial charge in [0.25, 0.3) is 0 Å². The van der Waals surface area contributed by atoms with Crippen LogP contribution in [0.2, 0.25) is 0 Å². The van der Waals surface area contributed by atoms with Crippen LogP contribution in [0.5, 0.6) is 0 Å². The molecule has 0 bridgehead atoms. The maximum Gasteiger partial charge on any atom is 0.0951 e. The monoisotopic (exact) mass is 241 g/mol. The first-order valence-corrected chi connectivity index (χ1v) is 6.69. The molecular weight excluding hydrogens is 222 g/mol. The maximum absolute atomic E-state index is 5.96. The number of rotatable bonds is 4. The van der Waals surface area contributed by atoms with Crippen molar-refractivity contribution in [1.29, 1.82) is 0 Å². The van der Waals surface area contributed by atoms with Crippen LogP contribution in [-0.2, 0) is 0 Å². The van der Waals surface area contributed by atoms with Crippen LogP contribution in [0.1, 0.15) is 26.2 Å². The summed E-state index contributed by atoms with van der Waals surface area (Å²) in [5.74, 6) is 0.847. The second-order valence-corrected chi connectivity index (χ2v) is 5.14. The summed E-state index contributed by atoms with van der Waals surface area (Å²) in [6.45, 7) is 2.25. The highest BCUT2D eigenvalue weighted by Gasteiger charge is 2.36. The molecular formula is C15H19N3. The second-order valence-electron chi connectivity index (χ2n) is 5.14. The lowest BCUT2D eigenvalue weighted by molar-refractivity contribution is 0.693. The van der Waals surface area contributed by atoms with Gasteiger partial charge in [0.05, 0.1) is 11.2 Å². The number of nitrogen functional groups attached to an aromatic ring is 1. The van der Waals surface area contributed by atoms with E-state index in [0.29, 0.717) is 6.04 Å². The highest BCUT2D eigenvalue weighted by molar-refractivity contribution is 5.98. The van der Waals surface area contributed by atoms with Crippen LogP contribution in [0.15, 0.2) is 30.5 Å². The number of fused-ring (bicyclic) bond motifs is 1. The zero-order chi connectivity index (χ0) is 12.5. The van der Waals surface area contributed by atoms with Crippen LogP contribution in [0.4, 0.5) is 11.4 Å². The number of hydrogen-bond acceptors (Lipinski definition) is 3. The Kier molecular flexibility index (Phi) is 2.82. The van der Waals surface area contributed by atoms with Crippen molar-refractivity contribution in [2.45, 2.75) is 32.2 Å². The van der Waals surface area contributed by atoms with Gasteiger partial charge >= 0.3 is 0 Å². The van der Waals surface area contributed by atoms with Crippen molar-refractivity contribution in [2.24, 2.45) is 5.92 Å². The van der Waals surface area contributed by atoms with E-state index in [4.69, 9.17) is 5.73 Å². The molecule has 3 nitrogen and oxygen atoms in total. The minimum absolute atomic E-state index is 0.636. The van der Waals surface area contributed by atoms with Crippen molar-refractivity contribution in [3.05, 3.63) is 30.5 Å². The minimum atomic E-state index is 0.636. The molecule has 1 aromatic carbocycles. The summed E-state index contributed by atoms with van der Waals surface area (Å²) in [7, 11) is 0. The normalized spacial score (nSPS) is 22.1. The SMILES string of the molecule is CCCC1CC1Nc1ccc(N)c2ncccc12. The second kappa shape index (κ2) is 4.48. The van der Waals surface area contributed by atoms with Gasteiger partial charge < -0.3 is 11.1 Å². The predicted molar refractivity (Wildman–Crippen MR) is 76.6 cm³/mol. The summed E-state index contributed by atoms with van der Waals surface area (Å²) < 4.78 is 0. The molecule has 0 radical (unpaired) electrons. The van der Waals surface area contributed by atoms with Gasteiger partial charge in [-0.25, -0.2) is 0 Å². The Hall–Kier alpha value is -1.77. The molecule has 94 valence electrons. The molecule has 0 spiro atoms. The molecule has 0 amide bonds. The quantitative estimate of drug-likeness (QED) is 0.806. The third-order valence-corrected chi connectivity index (χ3v) is 3.72. The molecule has 1 heterocycles. The van der Waals surface area contributed by atoms with E-state index in [0.717, 1.165) is 28.2 Å². The highest BCUT2D eigenvalue weighted by Crippen LogP contribution is 2.39. The largest absolute Gasteiger partial charge is 0.397 e. The molecule has 18 heavy (non-hydrogen) atoms. The molecule has 2 unspecified atom stereocenters. The number of nitrogens with two attached hydrogens (primary N) is 1. The van der Waals surface area contributed by atoms with Gasteiger partial charge in [0.15, 0.2) is 0 Å². The van der Waals surface area contributed by atoms with Crippen LogP contribution >= 0.6 is 0 Å². The van der Waals surface area contributed by atoms with Gasteiger partial charge in [0, 0.05) is 23.3 Å². The number of aromatic nitrogens is 1. The molecule has 3 N–H and O–H groups in total. The molecule has 3 rings (SSSR count). The molecule has 1 aliphatic rings. The summed E-state index contributed by atoms with van der Waals surface area (Å²) in [4.78, 5) is 4.36. The van der Waals surface area contributed by atoms with Gasteiger partial charge in [-0.05, 0) is 43.0 Å². The van der Waals surface area contributed by atoms with Crippen molar-refractivity contribution in [3.8, 4) is 0 Å². The van der Waals surface area contributed by atoms with Crippen LogP contribution in [0.3, 0.4) is 0 Å². The molecule has 0 aliphatic heterocycles. The Balaban J connectivity index is 1.87. The van der Waals surface area contributed by atoms with Gasteiger partial charge in [0.1, 0.15) is 0 Å². The van der Waals surface area contributed by atoms with Crippen molar-refractivity contribution >= 4 is 22.3 Å². The molecule has 1 saturated carbocycles. The fraction of sp³-hybridized carbons (Fsp3) is 0.400. The summed E-state index contributed by atoms with van der Waals surface area (Å²) in [5.41, 5.74) is 8.76. The van der Waals surface area contributed by atoms with Crippen LogP contribution in [-0.4, -0.2) is 11.0 Å². The predicted octanol–water partition coefficient (Wildman–Crippen LogP) is 3.42. The fourth-order valence-electron chi connectivity index (χ4n) is 2.63. The first-order chi connectivity index (χ1) is 8.79. The topological polar surface area (TPSA) is 50.9 Å². The van der Waals surface area contributed by atoms with Crippen LogP contribution in [0.25, 0.3) is 10.9 Å². The summed E-state index contributed by atoms with van der Waals surface area (Å²) in [6.07, 6.45) is 5.68. The Morgan fingerprint density at radius 1 is 1.39 bits per heavy atom. The van der Waals surface area contributed by atoms with Gasteiger partial charge in [-0.1, -0.05) is 13.3 Å². The lowest BCUT2D eigenvalue weighted by Crippen LogP contribution is -2.05. The van der Waals surface area contributed by atoms with Crippen molar-refractivity contribution in [3.63, 3.8) is 0 Å². The summed E-state index contributed by atoms with van der Waals surface area (Å²) in [5, 5.41) is 4.75. The van der Waals surface area contributed by atoms with E-state index in [1.54, 1.807) is 6.20 Å². The summed E-state index contributed by atoms with van der Waals surface area (Å²) in [6, 6.07) is 8.69. The van der Waals surface area contributed by atoms with E-state index in [9.17, 15) is 0 Å². The van der Waals surface area contributed by atoms with E-state index in [2.05, 4.69) is 29.4 Å². The molecule has 1 fully saturated rings. The zero-order valence-corrected chi connectivity index (χ0v) is 10.7. The van der Waals surface area contributed by atoms with E-state index in [-0.39, 0.29) is 0 Å². The van der Waals surface area contributed by atoms with Crippen LogP contribution < -0.4 is 11.1 Å². The van der Waals surface area contributed by atoms with E-state index >= 15 is 0 Å². The molecule has 1 aliphatic carbocycles. The number of nitrogens with one attached hydrogen (secondary N) is 1. The Morgan fingerprint density at radius 2 is 2.28 bits per heavy atom. The molecule has 3 heteroatoms. The number of hydrogen-bond donors (Lipinski definition) is 2. The first-order valence-electron chi connectivity index (χ1n) is 6.69. The van der Waals surface area contributed by atoms with E-state index in [1.807, 2.05) is 12.1 Å². The first kappa shape index (κ1) is 11.3. The zero-order valence-electron chi connectivity index (χ0n) is 10.7. The van der Waals surface area contributed by atoms with Crippen LogP contribution in [0, 0.1) is 5.92 Å². The standard InChI is InChI=1S/C15H19N3/c1-2-4-10-9-14(10)18-13-7-6-12(16)15-11(13)5-3-8-17-15/h3,5-8,10,14,18H,2,4,9,16H2,1H3. The Labute approximate surface area is 107 Å². The smallest absolute Gasteiger partial charge is 0.0951 e. The maximum atomic E-state index is 5.96. The summed E-state index contributed by atoms with van der Waals surface area (Å²) >= 11 is 0. The lowest BCUT2D eigenvalue weighted by Gasteiger charge is -2.10. The number of anilines is 2. The molecule has 1 aromatic heterocycles.